The number of carbonyl (C=O) groups is 1. The Kier molecular flexibility index (Phi) is 8.26. The third kappa shape index (κ3) is 5.95. The summed E-state index contributed by atoms with van der Waals surface area (Å²) >= 11 is 1.61. The SMILES string of the molecule is C=CCOC(=O)C1=C(C)Nc2nc(SCCCC)nn2C1c1cccc(OCc2ccccc2)c1. The van der Waals surface area contributed by atoms with Crippen molar-refractivity contribution in [2.24, 2.45) is 0 Å². The minimum Gasteiger partial charge on any atom is -0.489 e. The van der Waals surface area contributed by atoms with Crippen LogP contribution in [0.4, 0.5) is 5.95 Å². The van der Waals surface area contributed by atoms with Gasteiger partial charge in [-0.1, -0.05) is 80.2 Å². The van der Waals surface area contributed by atoms with E-state index in [0.29, 0.717) is 34.7 Å². The van der Waals surface area contributed by atoms with Gasteiger partial charge in [0.05, 0.1) is 5.57 Å². The number of thioether (sulfide) groups is 1. The maximum absolute atomic E-state index is 13.1. The van der Waals surface area contributed by atoms with Gasteiger partial charge in [0.25, 0.3) is 0 Å². The first-order valence-corrected chi connectivity index (χ1v) is 12.7. The molecular formula is C27H30N4O3S. The Morgan fingerprint density at radius 2 is 2.06 bits per heavy atom. The number of benzene rings is 2. The molecule has 182 valence electrons. The van der Waals surface area contributed by atoms with Crippen LogP contribution in [-0.2, 0) is 16.1 Å². The summed E-state index contributed by atoms with van der Waals surface area (Å²) in [6.45, 7) is 8.25. The topological polar surface area (TPSA) is 78.3 Å². The number of anilines is 1. The molecule has 1 aromatic heterocycles. The molecule has 0 radical (unpaired) electrons. The first-order valence-electron chi connectivity index (χ1n) is 11.7. The van der Waals surface area contributed by atoms with E-state index in [1.165, 1.54) is 0 Å². The second kappa shape index (κ2) is 11.8. The van der Waals surface area contributed by atoms with Crippen molar-refractivity contribution in [2.75, 3.05) is 17.7 Å². The van der Waals surface area contributed by atoms with E-state index < -0.39 is 12.0 Å². The lowest BCUT2D eigenvalue weighted by molar-refractivity contribution is -0.138. The molecule has 1 aliphatic rings. The van der Waals surface area contributed by atoms with Crippen LogP contribution in [0, 0.1) is 0 Å². The van der Waals surface area contributed by atoms with E-state index in [1.54, 1.807) is 22.5 Å². The number of nitrogens with zero attached hydrogens (tertiary/aromatic N) is 3. The zero-order chi connectivity index (χ0) is 24.6. The molecule has 0 bridgehead atoms. The maximum Gasteiger partial charge on any atom is 0.338 e. The number of esters is 1. The fraction of sp³-hybridized carbons (Fsp3) is 0.296. The molecule has 8 heteroatoms. The Bertz CT molecular complexity index is 1210. The number of ether oxygens (including phenoxy) is 2. The van der Waals surface area contributed by atoms with Crippen LogP contribution in [0.1, 0.15) is 43.9 Å². The summed E-state index contributed by atoms with van der Waals surface area (Å²) in [5.74, 6) is 1.83. The smallest absolute Gasteiger partial charge is 0.338 e. The van der Waals surface area contributed by atoms with Crippen LogP contribution in [0.3, 0.4) is 0 Å². The van der Waals surface area contributed by atoms with Gasteiger partial charge < -0.3 is 14.8 Å². The molecule has 2 aromatic carbocycles. The standard InChI is InChI=1S/C27H30N4O3S/c1-4-6-16-35-27-29-26-28-19(3)23(25(32)33-15-5-2)24(31(26)30-27)21-13-10-14-22(17-21)34-18-20-11-8-7-9-12-20/h5,7-14,17,24H,2,4,6,15-16,18H2,1,3H3,(H,28,29,30). The fourth-order valence-electron chi connectivity index (χ4n) is 3.80. The normalized spacial score (nSPS) is 14.7. The van der Waals surface area contributed by atoms with Crippen LogP contribution in [0.2, 0.25) is 0 Å². The van der Waals surface area contributed by atoms with Crippen LogP contribution in [-0.4, -0.2) is 33.1 Å². The highest BCUT2D eigenvalue weighted by Gasteiger charge is 2.35. The van der Waals surface area contributed by atoms with Gasteiger partial charge in [0.1, 0.15) is 25.0 Å². The van der Waals surface area contributed by atoms with Crippen molar-refractivity contribution in [2.45, 2.75) is 44.5 Å². The van der Waals surface area contributed by atoms with Gasteiger partial charge in [0, 0.05) is 11.4 Å². The second-order valence-electron chi connectivity index (χ2n) is 8.16. The molecule has 0 saturated carbocycles. The molecule has 0 spiro atoms. The van der Waals surface area contributed by atoms with Gasteiger partial charge in [0.15, 0.2) is 0 Å². The highest BCUT2D eigenvalue weighted by Crippen LogP contribution is 2.37. The Balaban J connectivity index is 1.67. The summed E-state index contributed by atoms with van der Waals surface area (Å²) in [4.78, 5) is 17.8. The number of fused-ring (bicyclic) bond motifs is 1. The van der Waals surface area contributed by atoms with Crippen LogP contribution in [0.15, 0.2) is 83.7 Å². The van der Waals surface area contributed by atoms with Gasteiger partial charge in [-0.3, -0.25) is 0 Å². The number of unbranched alkanes of at least 4 members (excludes halogenated alkanes) is 1. The van der Waals surface area contributed by atoms with Crippen molar-refractivity contribution in [1.29, 1.82) is 0 Å². The first-order chi connectivity index (χ1) is 17.1. The van der Waals surface area contributed by atoms with E-state index in [9.17, 15) is 4.79 Å². The predicted molar refractivity (Wildman–Crippen MR) is 138 cm³/mol. The fourth-order valence-corrected chi connectivity index (χ4v) is 4.71. The van der Waals surface area contributed by atoms with E-state index in [2.05, 4.69) is 23.8 Å². The number of rotatable bonds is 11. The minimum atomic E-state index is -0.503. The average molecular weight is 491 g/mol. The lowest BCUT2D eigenvalue weighted by Gasteiger charge is -2.28. The molecule has 0 saturated heterocycles. The van der Waals surface area contributed by atoms with Gasteiger partial charge in [0.2, 0.25) is 11.1 Å². The summed E-state index contributed by atoms with van der Waals surface area (Å²) in [5, 5.41) is 8.67. The lowest BCUT2D eigenvalue weighted by Crippen LogP contribution is -2.29. The van der Waals surface area contributed by atoms with E-state index in [4.69, 9.17) is 14.6 Å². The molecule has 7 nitrogen and oxygen atoms in total. The number of hydrogen-bond donors (Lipinski definition) is 1. The zero-order valence-corrected chi connectivity index (χ0v) is 20.9. The maximum atomic E-state index is 13.1. The Hall–Kier alpha value is -3.52. The molecule has 2 heterocycles. The highest BCUT2D eigenvalue weighted by molar-refractivity contribution is 7.99. The van der Waals surface area contributed by atoms with E-state index in [-0.39, 0.29) is 6.61 Å². The van der Waals surface area contributed by atoms with Crippen LogP contribution in [0.25, 0.3) is 0 Å². The molecule has 1 atom stereocenters. The molecule has 1 unspecified atom stereocenters. The first kappa shape index (κ1) is 24.6. The summed E-state index contributed by atoms with van der Waals surface area (Å²) in [6, 6.07) is 17.2. The van der Waals surface area contributed by atoms with Gasteiger partial charge >= 0.3 is 5.97 Å². The third-order valence-corrected chi connectivity index (χ3v) is 6.46. The minimum absolute atomic E-state index is 0.130. The molecule has 0 fully saturated rings. The lowest BCUT2D eigenvalue weighted by atomic mass is 9.95. The zero-order valence-electron chi connectivity index (χ0n) is 20.1. The van der Waals surface area contributed by atoms with Crippen molar-refractivity contribution < 1.29 is 14.3 Å². The van der Waals surface area contributed by atoms with E-state index in [0.717, 1.165) is 29.7 Å². The van der Waals surface area contributed by atoms with Gasteiger partial charge in [-0.25, -0.2) is 9.48 Å². The van der Waals surface area contributed by atoms with Crippen LogP contribution < -0.4 is 10.1 Å². The Morgan fingerprint density at radius 3 is 2.83 bits per heavy atom. The van der Waals surface area contributed by atoms with Crippen molar-refractivity contribution in [3.05, 3.63) is 89.6 Å². The molecule has 0 aliphatic carbocycles. The average Bonchev–Trinajstić information content (AvgIpc) is 3.28. The van der Waals surface area contributed by atoms with Crippen LogP contribution in [0.5, 0.6) is 5.75 Å². The summed E-state index contributed by atoms with van der Waals surface area (Å²) in [6.07, 6.45) is 3.75. The van der Waals surface area contributed by atoms with Crippen molar-refractivity contribution in [3.8, 4) is 5.75 Å². The third-order valence-electron chi connectivity index (χ3n) is 5.54. The monoisotopic (exact) mass is 490 g/mol. The van der Waals surface area contributed by atoms with Crippen molar-refractivity contribution in [1.82, 2.24) is 14.8 Å². The van der Waals surface area contributed by atoms with E-state index >= 15 is 0 Å². The number of aromatic nitrogens is 3. The van der Waals surface area contributed by atoms with Gasteiger partial charge in [-0.2, -0.15) is 4.98 Å². The largest absolute Gasteiger partial charge is 0.489 e. The van der Waals surface area contributed by atoms with Gasteiger partial charge in [-0.05, 0) is 36.6 Å². The molecule has 4 rings (SSSR count). The molecule has 3 aromatic rings. The highest BCUT2D eigenvalue weighted by atomic mass is 32.2. The quantitative estimate of drug-likeness (QED) is 0.158. The van der Waals surface area contributed by atoms with E-state index in [1.807, 2.05) is 61.5 Å². The van der Waals surface area contributed by atoms with Crippen molar-refractivity contribution >= 4 is 23.7 Å². The molecule has 0 amide bonds. The number of allylic oxidation sites excluding steroid dienone is 1. The van der Waals surface area contributed by atoms with Gasteiger partial charge in [-0.15, -0.1) is 5.10 Å². The summed E-state index contributed by atoms with van der Waals surface area (Å²) in [5.41, 5.74) is 3.11. The molecule has 35 heavy (non-hydrogen) atoms. The Labute approximate surface area is 210 Å². The molecule has 1 N–H and O–H groups in total. The van der Waals surface area contributed by atoms with Crippen molar-refractivity contribution in [3.63, 3.8) is 0 Å². The predicted octanol–water partition coefficient (Wildman–Crippen LogP) is 5.77. The second-order valence-corrected chi connectivity index (χ2v) is 9.23. The number of carbonyl (C=O) groups excluding carboxylic acids is 1. The molecule has 1 aliphatic heterocycles. The number of hydrogen-bond acceptors (Lipinski definition) is 7. The Morgan fingerprint density at radius 1 is 1.23 bits per heavy atom. The van der Waals surface area contributed by atoms with Crippen LogP contribution >= 0.6 is 11.8 Å². The summed E-state index contributed by atoms with van der Waals surface area (Å²) < 4.78 is 13.3. The molecular weight excluding hydrogens is 460 g/mol. The summed E-state index contributed by atoms with van der Waals surface area (Å²) in [7, 11) is 0. The number of nitrogens with one attached hydrogen (secondary N) is 1.